The third kappa shape index (κ3) is 2.45. The Labute approximate surface area is 106 Å². The number of carbonyl (C=O) groups is 1. The van der Waals surface area contributed by atoms with E-state index in [9.17, 15) is 4.79 Å². The van der Waals surface area contributed by atoms with Crippen LogP contribution in [0.15, 0.2) is 22.7 Å². The third-order valence-corrected chi connectivity index (χ3v) is 2.92. The van der Waals surface area contributed by atoms with Gasteiger partial charge in [0.15, 0.2) is 5.76 Å². The summed E-state index contributed by atoms with van der Waals surface area (Å²) in [6.45, 7) is 5.89. The second-order valence-corrected chi connectivity index (χ2v) is 4.36. The minimum Gasteiger partial charge on any atom is -0.451 e. The fraction of sp³-hybridized carbons (Fsp3) is 0.385. The van der Waals surface area contributed by atoms with Crippen LogP contribution in [0.1, 0.15) is 36.5 Å². The number of hydrogen-bond acceptors (Lipinski definition) is 3. The Hall–Kier alpha value is -2.04. The topological polar surface area (TPSA) is 70.9 Å². The molecule has 0 fully saturated rings. The first-order valence-corrected chi connectivity index (χ1v) is 6.02. The third-order valence-electron chi connectivity index (χ3n) is 2.92. The summed E-state index contributed by atoms with van der Waals surface area (Å²) in [5, 5.41) is 9.63. The van der Waals surface area contributed by atoms with Gasteiger partial charge in [-0.05, 0) is 32.4 Å². The zero-order valence-corrected chi connectivity index (χ0v) is 10.8. The van der Waals surface area contributed by atoms with Crippen molar-refractivity contribution < 1.29 is 9.21 Å². The molecule has 5 heteroatoms. The van der Waals surface area contributed by atoms with E-state index in [1.165, 1.54) is 0 Å². The summed E-state index contributed by atoms with van der Waals surface area (Å²) in [4.78, 5) is 11.9. The molecular formula is C13H17N3O2. The number of furan rings is 1. The summed E-state index contributed by atoms with van der Waals surface area (Å²) < 4.78 is 5.54. The first kappa shape index (κ1) is 12.4. The van der Waals surface area contributed by atoms with Crippen molar-refractivity contribution in [3.05, 3.63) is 29.8 Å². The Morgan fingerprint density at radius 3 is 2.94 bits per heavy atom. The van der Waals surface area contributed by atoms with Gasteiger partial charge in [-0.2, -0.15) is 5.10 Å². The number of aromatic nitrogens is 2. The number of amides is 1. The van der Waals surface area contributed by atoms with E-state index in [1.807, 2.05) is 20.8 Å². The van der Waals surface area contributed by atoms with Gasteiger partial charge in [0.2, 0.25) is 0 Å². The summed E-state index contributed by atoms with van der Waals surface area (Å²) in [5.74, 6) is 0.790. The minimum absolute atomic E-state index is 0.140. The largest absolute Gasteiger partial charge is 0.451 e. The molecule has 2 aromatic rings. The molecule has 0 spiro atoms. The predicted molar refractivity (Wildman–Crippen MR) is 68.2 cm³/mol. The second kappa shape index (κ2) is 5.08. The normalized spacial score (nSPS) is 12.4. The molecule has 0 aromatic carbocycles. The van der Waals surface area contributed by atoms with Gasteiger partial charge in [0, 0.05) is 11.7 Å². The highest BCUT2D eigenvalue weighted by molar-refractivity contribution is 5.92. The number of carbonyl (C=O) groups excluding carboxylic acids is 1. The van der Waals surface area contributed by atoms with Crippen LogP contribution in [-0.2, 0) is 0 Å². The Morgan fingerprint density at radius 2 is 2.33 bits per heavy atom. The van der Waals surface area contributed by atoms with Gasteiger partial charge in [0.25, 0.3) is 5.91 Å². The van der Waals surface area contributed by atoms with E-state index < -0.39 is 0 Å². The van der Waals surface area contributed by atoms with Crippen LogP contribution in [0.5, 0.6) is 0 Å². The molecular weight excluding hydrogens is 230 g/mol. The van der Waals surface area contributed by atoms with Crippen molar-refractivity contribution in [2.45, 2.75) is 33.2 Å². The Morgan fingerprint density at radius 1 is 1.56 bits per heavy atom. The lowest BCUT2D eigenvalue weighted by atomic mass is 10.2. The molecule has 0 radical (unpaired) electrons. The molecule has 0 aliphatic carbocycles. The minimum atomic E-state index is -0.184. The zero-order valence-electron chi connectivity index (χ0n) is 10.8. The van der Waals surface area contributed by atoms with E-state index in [-0.39, 0.29) is 11.9 Å². The van der Waals surface area contributed by atoms with Crippen LogP contribution in [0, 0.1) is 6.92 Å². The van der Waals surface area contributed by atoms with Crippen LogP contribution in [0.25, 0.3) is 11.3 Å². The Balaban J connectivity index is 2.16. The number of aromatic amines is 1. The Bertz CT molecular complexity index is 542. The number of H-pyrrole nitrogens is 1. The van der Waals surface area contributed by atoms with Crippen LogP contribution in [0.2, 0.25) is 0 Å². The van der Waals surface area contributed by atoms with E-state index in [2.05, 4.69) is 15.5 Å². The van der Waals surface area contributed by atoms with Crippen LogP contribution >= 0.6 is 0 Å². The molecule has 1 atom stereocenters. The average Bonchev–Trinajstić information content (AvgIpc) is 2.96. The van der Waals surface area contributed by atoms with Gasteiger partial charge in [0.05, 0.1) is 11.8 Å². The summed E-state index contributed by atoms with van der Waals surface area (Å²) in [6, 6.07) is 3.60. The van der Waals surface area contributed by atoms with E-state index >= 15 is 0 Å². The zero-order chi connectivity index (χ0) is 13.1. The summed E-state index contributed by atoms with van der Waals surface area (Å²) in [5.41, 5.74) is 1.79. The van der Waals surface area contributed by atoms with E-state index in [0.29, 0.717) is 11.5 Å². The lowest BCUT2D eigenvalue weighted by molar-refractivity contribution is 0.0912. The number of aryl methyl sites for hydroxylation is 1. The fourth-order valence-electron chi connectivity index (χ4n) is 1.60. The van der Waals surface area contributed by atoms with Crippen molar-refractivity contribution in [2.24, 2.45) is 0 Å². The van der Waals surface area contributed by atoms with Crippen LogP contribution in [0.4, 0.5) is 0 Å². The standard InChI is InChI=1S/C13H17N3O2/c1-4-8(2)15-13(17)12-6-5-11(18-12)10-7-14-16-9(10)3/h5-8H,4H2,1-3H3,(H,14,16)(H,15,17)/t8-/m1/s1. The summed E-state index contributed by atoms with van der Waals surface area (Å²) in [6.07, 6.45) is 2.57. The SMILES string of the molecule is CC[C@@H](C)NC(=O)c1ccc(-c2cn[nH]c2C)o1. The number of rotatable bonds is 4. The molecule has 2 aromatic heterocycles. The monoisotopic (exact) mass is 247 g/mol. The number of hydrogen-bond donors (Lipinski definition) is 2. The molecule has 0 aliphatic heterocycles. The van der Waals surface area contributed by atoms with Gasteiger partial charge < -0.3 is 9.73 Å². The van der Waals surface area contributed by atoms with Gasteiger partial charge >= 0.3 is 0 Å². The van der Waals surface area contributed by atoms with Crippen LogP contribution in [0.3, 0.4) is 0 Å². The van der Waals surface area contributed by atoms with Crippen molar-refractivity contribution in [1.29, 1.82) is 0 Å². The maximum Gasteiger partial charge on any atom is 0.287 e. The van der Waals surface area contributed by atoms with E-state index in [1.54, 1.807) is 18.3 Å². The number of nitrogens with one attached hydrogen (secondary N) is 2. The smallest absolute Gasteiger partial charge is 0.287 e. The fourth-order valence-corrected chi connectivity index (χ4v) is 1.60. The molecule has 5 nitrogen and oxygen atoms in total. The summed E-state index contributed by atoms with van der Waals surface area (Å²) >= 11 is 0. The molecule has 18 heavy (non-hydrogen) atoms. The van der Waals surface area contributed by atoms with Gasteiger partial charge in [-0.3, -0.25) is 9.89 Å². The molecule has 0 aliphatic rings. The molecule has 96 valence electrons. The second-order valence-electron chi connectivity index (χ2n) is 4.36. The highest BCUT2D eigenvalue weighted by atomic mass is 16.3. The van der Waals surface area contributed by atoms with Crippen molar-refractivity contribution in [3.63, 3.8) is 0 Å². The number of nitrogens with zero attached hydrogens (tertiary/aromatic N) is 1. The lowest BCUT2D eigenvalue weighted by Crippen LogP contribution is -2.31. The van der Waals surface area contributed by atoms with Gasteiger partial charge in [0.1, 0.15) is 5.76 Å². The molecule has 0 unspecified atom stereocenters. The van der Waals surface area contributed by atoms with Gasteiger partial charge in [-0.15, -0.1) is 0 Å². The molecule has 2 rings (SSSR count). The van der Waals surface area contributed by atoms with Crippen molar-refractivity contribution in [1.82, 2.24) is 15.5 Å². The van der Waals surface area contributed by atoms with E-state index in [4.69, 9.17) is 4.42 Å². The van der Waals surface area contributed by atoms with Gasteiger partial charge in [-0.25, -0.2) is 0 Å². The molecule has 0 saturated carbocycles. The maximum absolute atomic E-state index is 11.9. The molecule has 1 amide bonds. The Kier molecular flexibility index (Phi) is 3.50. The quantitative estimate of drug-likeness (QED) is 0.872. The maximum atomic E-state index is 11.9. The van der Waals surface area contributed by atoms with Crippen molar-refractivity contribution in [2.75, 3.05) is 0 Å². The van der Waals surface area contributed by atoms with Crippen molar-refractivity contribution in [3.8, 4) is 11.3 Å². The molecule has 0 saturated heterocycles. The highest BCUT2D eigenvalue weighted by Crippen LogP contribution is 2.23. The van der Waals surface area contributed by atoms with Gasteiger partial charge in [-0.1, -0.05) is 6.92 Å². The summed E-state index contributed by atoms with van der Waals surface area (Å²) in [7, 11) is 0. The lowest BCUT2D eigenvalue weighted by Gasteiger charge is -2.09. The molecule has 0 bridgehead atoms. The predicted octanol–water partition coefficient (Wildman–Crippen LogP) is 2.51. The van der Waals surface area contributed by atoms with Crippen LogP contribution in [-0.4, -0.2) is 22.1 Å². The van der Waals surface area contributed by atoms with Crippen molar-refractivity contribution >= 4 is 5.91 Å². The van der Waals surface area contributed by atoms with Crippen LogP contribution < -0.4 is 5.32 Å². The van der Waals surface area contributed by atoms with E-state index in [0.717, 1.165) is 17.7 Å². The molecule has 2 N–H and O–H groups in total. The average molecular weight is 247 g/mol. The highest BCUT2D eigenvalue weighted by Gasteiger charge is 2.15. The molecule has 2 heterocycles. The first-order chi connectivity index (χ1) is 8.61. The first-order valence-electron chi connectivity index (χ1n) is 6.02.